The fraction of sp³-hybridized carbons (Fsp3) is 0.182. The molecule has 3 aromatic carbocycles. The van der Waals surface area contributed by atoms with Gasteiger partial charge in [-0.2, -0.15) is 8.42 Å². The van der Waals surface area contributed by atoms with Gasteiger partial charge in [0.1, 0.15) is 0 Å². The van der Waals surface area contributed by atoms with Gasteiger partial charge in [-0.15, -0.1) is 0 Å². The molecule has 0 heterocycles. The largest absolute Gasteiger partial charge is 0.372 e. The van der Waals surface area contributed by atoms with Gasteiger partial charge in [-0.1, -0.05) is 72.3 Å². The molecule has 0 saturated carbocycles. The minimum absolute atomic E-state index is 0.0267. The zero-order chi connectivity index (χ0) is 19.1. The van der Waals surface area contributed by atoms with Gasteiger partial charge >= 0.3 is 0 Å². The molecule has 0 aromatic heterocycles. The van der Waals surface area contributed by atoms with E-state index >= 15 is 0 Å². The summed E-state index contributed by atoms with van der Waals surface area (Å²) in [6.07, 6.45) is 0. The summed E-state index contributed by atoms with van der Waals surface area (Å²) in [7, 11) is -3.80. The highest BCUT2D eigenvalue weighted by molar-refractivity contribution is 7.86. The summed E-state index contributed by atoms with van der Waals surface area (Å²) in [5.74, 6) is 0. The molecule has 3 rings (SSSR count). The molecule has 4 nitrogen and oxygen atoms in total. The maximum absolute atomic E-state index is 12.4. The van der Waals surface area contributed by atoms with E-state index in [1.165, 1.54) is 0 Å². The third kappa shape index (κ3) is 5.50. The Morgan fingerprint density at radius 1 is 0.704 bits per heavy atom. The topological polar surface area (TPSA) is 52.6 Å². The third-order valence-electron chi connectivity index (χ3n) is 4.17. The molecule has 0 fully saturated rings. The van der Waals surface area contributed by atoms with Crippen LogP contribution in [-0.2, 0) is 38.9 Å². The van der Waals surface area contributed by atoms with E-state index in [0.29, 0.717) is 13.2 Å². The van der Waals surface area contributed by atoms with Crippen LogP contribution < -0.4 is 0 Å². The predicted molar refractivity (Wildman–Crippen MR) is 105 cm³/mol. The summed E-state index contributed by atoms with van der Waals surface area (Å²) in [5.41, 5.74) is 3.79. The number of hydrogen-bond donors (Lipinski definition) is 0. The molecule has 5 heteroatoms. The second-order valence-corrected chi connectivity index (χ2v) is 7.89. The van der Waals surface area contributed by atoms with Gasteiger partial charge in [0.05, 0.1) is 24.7 Å². The number of rotatable bonds is 8. The predicted octanol–water partition coefficient (Wildman–Crippen LogP) is 4.62. The molecule has 0 bridgehead atoms. The van der Waals surface area contributed by atoms with E-state index < -0.39 is 10.1 Å². The lowest BCUT2D eigenvalue weighted by Crippen LogP contribution is -2.08. The van der Waals surface area contributed by atoms with Crippen molar-refractivity contribution in [2.45, 2.75) is 31.6 Å². The minimum Gasteiger partial charge on any atom is -0.372 e. The zero-order valence-electron chi connectivity index (χ0n) is 15.2. The molecule has 0 unspecified atom stereocenters. The van der Waals surface area contributed by atoms with E-state index in [1.807, 2.05) is 61.5 Å². The van der Waals surface area contributed by atoms with E-state index in [0.717, 1.165) is 22.3 Å². The van der Waals surface area contributed by atoms with Crippen LogP contribution in [0.15, 0.2) is 83.8 Å². The molecule has 0 N–H and O–H groups in total. The Morgan fingerprint density at radius 2 is 1.30 bits per heavy atom. The van der Waals surface area contributed by atoms with Crippen molar-refractivity contribution in [3.8, 4) is 0 Å². The van der Waals surface area contributed by atoms with Crippen LogP contribution in [0, 0.1) is 6.92 Å². The normalized spacial score (nSPS) is 11.4. The van der Waals surface area contributed by atoms with Gasteiger partial charge in [0.15, 0.2) is 0 Å². The molecule has 0 radical (unpaired) electrons. The maximum atomic E-state index is 12.4. The molecule has 0 aliphatic carbocycles. The second-order valence-electron chi connectivity index (χ2n) is 6.28. The average molecular weight is 382 g/mol. The van der Waals surface area contributed by atoms with Crippen LogP contribution in [0.1, 0.15) is 22.3 Å². The van der Waals surface area contributed by atoms with Gasteiger partial charge in [-0.25, -0.2) is 0 Å². The van der Waals surface area contributed by atoms with E-state index in [-0.39, 0.29) is 11.5 Å². The van der Waals surface area contributed by atoms with Gasteiger partial charge in [-0.05, 0) is 35.7 Å². The first-order valence-corrected chi connectivity index (χ1v) is 10.1. The first-order valence-electron chi connectivity index (χ1n) is 8.69. The Bertz CT molecular complexity index is 965. The molecular weight excluding hydrogens is 360 g/mol. The quantitative estimate of drug-likeness (QED) is 0.534. The lowest BCUT2D eigenvalue weighted by Gasteiger charge is -2.11. The molecule has 0 amide bonds. The van der Waals surface area contributed by atoms with Gasteiger partial charge in [-0.3, -0.25) is 4.18 Å². The van der Waals surface area contributed by atoms with Crippen molar-refractivity contribution in [2.24, 2.45) is 0 Å². The summed E-state index contributed by atoms with van der Waals surface area (Å²) in [6.45, 7) is 2.76. The van der Waals surface area contributed by atoms with Crippen LogP contribution in [0.25, 0.3) is 0 Å². The first kappa shape index (κ1) is 19.3. The monoisotopic (exact) mass is 382 g/mol. The standard InChI is InChI=1S/C22H22O4S/c1-18-11-13-22(14-12-18)27(23,24)26-17-21-10-6-5-9-20(21)16-25-15-19-7-3-2-4-8-19/h2-14H,15-17H2,1H3. The summed E-state index contributed by atoms with van der Waals surface area (Å²) in [5, 5.41) is 0. The van der Waals surface area contributed by atoms with Crippen molar-refractivity contribution in [3.05, 3.63) is 101 Å². The molecule has 0 saturated heterocycles. The number of ether oxygens (including phenoxy) is 1. The SMILES string of the molecule is Cc1ccc(S(=O)(=O)OCc2ccccc2COCc2ccccc2)cc1. The number of aryl methyl sites for hydroxylation is 1. The first-order chi connectivity index (χ1) is 13.0. The van der Waals surface area contributed by atoms with Gasteiger partial charge in [0, 0.05) is 0 Å². The molecule has 0 aliphatic rings. The van der Waals surface area contributed by atoms with Crippen LogP contribution in [0.3, 0.4) is 0 Å². The second kappa shape index (κ2) is 8.95. The van der Waals surface area contributed by atoms with Crippen LogP contribution in [0.2, 0.25) is 0 Å². The molecule has 0 spiro atoms. The number of benzene rings is 3. The van der Waals surface area contributed by atoms with E-state index in [4.69, 9.17) is 8.92 Å². The smallest absolute Gasteiger partial charge is 0.297 e. The number of hydrogen-bond acceptors (Lipinski definition) is 4. The fourth-order valence-electron chi connectivity index (χ4n) is 2.61. The zero-order valence-corrected chi connectivity index (χ0v) is 16.0. The summed E-state index contributed by atoms with van der Waals surface area (Å²) < 4.78 is 35.8. The highest BCUT2D eigenvalue weighted by atomic mass is 32.2. The van der Waals surface area contributed by atoms with Crippen LogP contribution in [0.5, 0.6) is 0 Å². The van der Waals surface area contributed by atoms with Crippen molar-refractivity contribution in [1.29, 1.82) is 0 Å². The van der Waals surface area contributed by atoms with E-state index in [1.54, 1.807) is 24.3 Å². The van der Waals surface area contributed by atoms with Gasteiger partial charge in [0.25, 0.3) is 10.1 Å². The molecule has 3 aromatic rings. The van der Waals surface area contributed by atoms with Crippen LogP contribution >= 0.6 is 0 Å². The van der Waals surface area contributed by atoms with Crippen LogP contribution in [0.4, 0.5) is 0 Å². The van der Waals surface area contributed by atoms with Crippen molar-refractivity contribution in [2.75, 3.05) is 0 Å². The average Bonchev–Trinajstić information content (AvgIpc) is 2.68. The molecule has 0 atom stereocenters. The molecular formula is C22H22O4S. The Morgan fingerprint density at radius 3 is 1.96 bits per heavy atom. The summed E-state index contributed by atoms with van der Waals surface area (Å²) >= 11 is 0. The van der Waals surface area contributed by atoms with Crippen molar-refractivity contribution in [1.82, 2.24) is 0 Å². The lowest BCUT2D eigenvalue weighted by molar-refractivity contribution is 0.106. The van der Waals surface area contributed by atoms with Gasteiger partial charge in [0.2, 0.25) is 0 Å². The Balaban J connectivity index is 1.62. The maximum Gasteiger partial charge on any atom is 0.297 e. The van der Waals surface area contributed by atoms with Crippen molar-refractivity contribution < 1.29 is 17.3 Å². The Labute approximate surface area is 160 Å². The minimum atomic E-state index is -3.80. The Hall–Kier alpha value is -2.47. The molecule has 0 aliphatic heterocycles. The highest BCUT2D eigenvalue weighted by Gasteiger charge is 2.16. The van der Waals surface area contributed by atoms with Crippen molar-refractivity contribution >= 4 is 10.1 Å². The lowest BCUT2D eigenvalue weighted by atomic mass is 10.1. The highest BCUT2D eigenvalue weighted by Crippen LogP contribution is 2.18. The molecule has 27 heavy (non-hydrogen) atoms. The third-order valence-corrected chi connectivity index (χ3v) is 5.44. The molecule has 140 valence electrons. The van der Waals surface area contributed by atoms with E-state index in [9.17, 15) is 8.42 Å². The summed E-state index contributed by atoms with van der Waals surface area (Å²) in [6, 6.07) is 24.1. The van der Waals surface area contributed by atoms with Crippen molar-refractivity contribution in [3.63, 3.8) is 0 Å². The van der Waals surface area contributed by atoms with Gasteiger partial charge < -0.3 is 4.74 Å². The fourth-order valence-corrected chi connectivity index (χ4v) is 3.49. The van der Waals surface area contributed by atoms with Crippen LogP contribution in [-0.4, -0.2) is 8.42 Å². The van der Waals surface area contributed by atoms with E-state index in [2.05, 4.69) is 0 Å². The summed E-state index contributed by atoms with van der Waals surface area (Å²) in [4.78, 5) is 0.158. The Kier molecular flexibility index (Phi) is 6.40.